The summed E-state index contributed by atoms with van der Waals surface area (Å²) in [4.78, 5) is 45.8. The lowest BCUT2D eigenvalue weighted by atomic mass is 10.0. The van der Waals surface area contributed by atoms with Gasteiger partial charge in [-0.05, 0) is 56.4 Å². The Morgan fingerprint density at radius 1 is 0.952 bits per heavy atom. The van der Waals surface area contributed by atoms with Crippen LogP contribution in [0.25, 0.3) is 0 Å². The highest BCUT2D eigenvalue weighted by atomic mass is 19.4. The van der Waals surface area contributed by atoms with Gasteiger partial charge >= 0.3 is 18.4 Å². The summed E-state index contributed by atoms with van der Waals surface area (Å²) in [5.41, 5.74) is -2.72. The molecule has 2 aliphatic heterocycles. The van der Waals surface area contributed by atoms with E-state index in [0.717, 1.165) is 5.56 Å². The third-order valence-electron chi connectivity index (χ3n) is 7.16. The van der Waals surface area contributed by atoms with Crippen LogP contribution in [-0.4, -0.2) is 83.4 Å². The SMILES string of the molecule is CN(C)CC[C@H]1C(=O)N(Cc2ccccc2)C[C@@H]2N(C(=O)OCc3cc(C(F)(F)F)cc(C(F)(F)F)c3)CCC(=O)N21. The Hall–Kier alpha value is -3.81. The second-order valence-electron chi connectivity index (χ2n) is 10.5. The summed E-state index contributed by atoms with van der Waals surface area (Å²) in [7, 11) is 3.62. The number of piperazine rings is 1. The van der Waals surface area contributed by atoms with Crippen molar-refractivity contribution in [3.05, 3.63) is 70.8 Å². The number of fused-ring (bicyclic) bond motifs is 1. The third-order valence-corrected chi connectivity index (χ3v) is 7.16. The molecule has 0 spiro atoms. The minimum absolute atomic E-state index is 0.00627. The molecule has 0 radical (unpaired) electrons. The quantitative estimate of drug-likeness (QED) is 0.435. The molecule has 8 nitrogen and oxygen atoms in total. The van der Waals surface area contributed by atoms with Crippen LogP contribution in [0.5, 0.6) is 0 Å². The standard InChI is InChI=1S/C28H30F6N4O4/c1-35(2)10-8-22-25(40)36(15-18-6-4-3-5-7-18)16-23-37(11-9-24(39)38(22)23)26(41)42-17-19-12-20(27(29,30)31)14-21(13-19)28(32,33)34/h3-7,12-14,22-23H,8-11,15-17H2,1-2H3/t22-,23+/m0/s1. The fraction of sp³-hybridized carbons (Fsp3) is 0.464. The molecule has 2 aromatic carbocycles. The van der Waals surface area contributed by atoms with E-state index in [1.54, 1.807) is 0 Å². The Labute approximate surface area is 238 Å². The van der Waals surface area contributed by atoms with Crippen LogP contribution in [0.2, 0.25) is 0 Å². The van der Waals surface area contributed by atoms with Gasteiger partial charge in [-0.25, -0.2) is 4.79 Å². The maximum atomic E-state index is 13.6. The molecule has 0 bridgehead atoms. The van der Waals surface area contributed by atoms with E-state index in [0.29, 0.717) is 18.7 Å². The summed E-state index contributed by atoms with van der Waals surface area (Å²) in [6.07, 6.45) is -11.9. The van der Waals surface area contributed by atoms with Gasteiger partial charge in [-0.2, -0.15) is 26.3 Å². The number of alkyl halides is 6. The second-order valence-corrected chi connectivity index (χ2v) is 10.5. The predicted octanol–water partition coefficient (Wildman–Crippen LogP) is 4.58. The van der Waals surface area contributed by atoms with Crippen LogP contribution in [0.1, 0.15) is 35.1 Å². The summed E-state index contributed by atoms with van der Waals surface area (Å²) in [5.74, 6) is -0.627. The molecular weight excluding hydrogens is 570 g/mol. The number of benzene rings is 2. The molecule has 0 aliphatic carbocycles. The van der Waals surface area contributed by atoms with Crippen molar-refractivity contribution in [2.24, 2.45) is 0 Å². The van der Waals surface area contributed by atoms with E-state index in [1.807, 2.05) is 49.3 Å². The summed E-state index contributed by atoms with van der Waals surface area (Å²) < 4.78 is 84.8. The number of rotatable bonds is 7. The number of halogens is 6. The monoisotopic (exact) mass is 600 g/mol. The zero-order valence-electron chi connectivity index (χ0n) is 22.9. The Balaban J connectivity index is 1.58. The van der Waals surface area contributed by atoms with Gasteiger partial charge in [0.15, 0.2) is 0 Å². The first-order valence-electron chi connectivity index (χ1n) is 13.2. The minimum Gasteiger partial charge on any atom is -0.444 e. The molecule has 2 atom stereocenters. The van der Waals surface area contributed by atoms with Gasteiger partial charge < -0.3 is 19.4 Å². The highest BCUT2D eigenvalue weighted by Gasteiger charge is 2.49. The van der Waals surface area contributed by atoms with Gasteiger partial charge in [-0.3, -0.25) is 14.5 Å². The minimum atomic E-state index is -5.05. The van der Waals surface area contributed by atoms with Crippen LogP contribution < -0.4 is 0 Å². The zero-order valence-corrected chi connectivity index (χ0v) is 22.9. The molecule has 3 amide bonds. The van der Waals surface area contributed by atoms with E-state index >= 15 is 0 Å². The predicted molar refractivity (Wildman–Crippen MR) is 137 cm³/mol. The second kappa shape index (κ2) is 12.2. The van der Waals surface area contributed by atoms with Crippen LogP contribution >= 0.6 is 0 Å². The van der Waals surface area contributed by atoms with Gasteiger partial charge in [0.05, 0.1) is 17.7 Å². The van der Waals surface area contributed by atoms with Gasteiger partial charge in [-0.15, -0.1) is 0 Å². The van der Waals surface area contributed by atoms with Crippen LogP contribution in [0.15, 0.2) is 48.5 Å². The molecule has 42 heavy (non-hydrogen) atoms. The van der Waals surface area contributed by atoms with Crippen LogP contribution in [0, 0.1) is 0 Å². The Bertz CT molecular complexity index is 1270. The average molecular weight is 601 g/mol. The molecule has 2 fully saturated rings. The van der Waals surface area contributed by atoms with E-state index in [1.165, 1.54) is 14.7 Å². The lowest BCUT2D eigenvalue weighted by molar-refractivity contribution is -0.169. The van der Waals surface area contributed by atoms with Crippen molar-refractivity contribution in [2.45, 2.75) is 50.6 Å². The molecule has 2 heterocycles. The van der Waals surface area contributed by atoms with E-state index < -0.39 is 54.0 Å². The van der Waals surface area contributed by atoms with Crippen molar-refractivity contribution in [3.8, 4) is 0 Å². The molecular formula is C28H30F6N4O4. The van der Waals surface area contributed by atoms with Crippen molar-refractivity contribution in [3.63, 3.8) is 0 Å². The number of hydrogen-bond acceptors (Lipinski definition) is 5. The number of nitrogens with zero attached hydrogens (tertiary/aromatic N) is 4. The van der Waals surface area contributed by atoms with Crippen LogP contribution in [-0.2, 0) is 39.8 Å². The Kier molecular flexibility index (Phi) is 9.04. The number of amides is 3. The zero-order chi connectivity index (χ0) is 30.8. The fourth-order valence-electron chi connectivity index (χ4n) is 5.13. The van der Waals surface area contributed by atoms with Crippen molar-refractivity contribution in [1.82, 2.24) is 19.6 Å². The summed E-state index contributed by atoms with van der Waals surface area (Å²) in [6, 6.07) is 9.20. The van der Waals surface area contributed by atoms with E-state index in [-0.39, 0.29) is 50.4 Å². The Morgan fingerprint density at radius 3 is 2.14 bits per heavy atom. The lowest BCUT2D eigenvalue weighted by Crippen LogP contribution is -2.71. The van der Waals surface area contributed by atoms with Gasteiger partial charge in [0, 0.05) is 19.5 Å². The lowest BCUT2D eigenvalue weighted by Gasteiger charge is -2.52. The van der Waals surface area contributed by atoms with Crippen molar-refractivity contribution in [1.29, 1.82) is 0 Å². The molecule has 0 saturated carbocycles. The first-order valence-corrected chi connectivity index (χ1v) is 13.2. The number of carbonyl (C=O) groups excluding carboxylic acids is 3. The normalized spacial score (nSPS) is 19.8. The maximum Gasteiger partial charge on any atom is 0.416 e. The van der Waals surface area contributed by atoms with Crippen molar-refractivity contribution in [2.75, 3.05) is 33.7 Å². The number of hydrogen-bond donors (Lipinski definition) is 0. The largest absolute Gasteiger partial charge is 0.444 e. The van der Waals surface area contributed by atoms with Gasteiger partial charge in [-0.1, -0.05) is 30.3 Å². The highest BCUT2D eigenvalue weighted by molar-refractivity contribution is 5.90. The molecule has 228 valence electrons. The number of ether oxygens (including phenoxy) is 1. The van der Waals surface area contributed by atoms with Crippen molar-refractivity contribution < 1.29 is 45.5 Å². The van der Waals surface area contributed by atoms with E-state index in [4.69, 9.17) is 4.74 Å². The molecule has 14 heteroatoms. The van der Waals surface area contributed by atoms with Crippen LogP contribution in [0.3, 0.4) is 0 Å². The third kappa shape index (κ3) is 7.15. The van der Waals surface area contributed by atoms with E-state index in [9.17, 15) is 40.7 Å². The average Bonchev–Trinajstić information content (AvgIpc) is 2.91. The molecule has 0 aromatic heterocycles. The summed E-state index contributed by atoms with van der Waals surface area (Å²) in [5, 5.41) is 0. The maximum absolute atomic E-state index is 13.6. The van der Waals surface area contributed by atoms with Gasteiger partial charge in [0.25, 0.3) is 0 Å². The van der Waals surface area contributed by atoms with Crippen LogP contribution in [0.4, 0.5) is 31.1 Å². The molecule has 0 N–H and O–H groups in total. The molecule has 0 unspecified atom stereocenters. The highest BCUT2D eigenvalue weighted by Crippen LogP contribution is 2.36. The molecule has 4 rings (SSSR count). The number of carbonyl (C=O) groups is 3. The van der Waals surface area contributed by atoms with Gasteiger partial charge in [0.1, 0.15) is 18.8 Å². The van der Waals surface area contributed by atoms with Crippen molar-refractivity contribution >= 4 is 17.9 Å². The smallest absolute Gasteiger partial charge is 0.416 e. The Morgan fingerprint density at radius 2 is 1.57 bits per heavy atom. The van der Waals surface area contributed by atoms with Gasteiger partial charge in [0.2, 0.25) is 11.8 Å². The first-order chi connectivity index (χ1) is 19.6. The summed E-state index contributed by atoms with van der Waals surface area (Å²) >= 11 is 0. The molecule has 2 aromatic rings. The molecule has 2 saturated heterocycles. The fourth-order valence-corrected chi connectivity index (χ4v) is 5.13. The van der Waals surface area contributed by atoms with E-state index in [2.05, 4.69) is 0 Å². The summed E-state index contributed by atoms with van der Waals surface area (Å²) in [6.45, 7) is -0.324. The first kappa shape index (κ1) is 31.1. The molecule has 2 aliphatic rings. The topological polar surface area (TPSA) is 73.4 Å².